The summed E-state index contributed by atoms with van der Waals surface area (Å²) in [5, 5.41) is 0. The zero-order chi connectivity index (χ0) is 17.2. The molecule has 1 aliphatic heterocycles. The molecule has 0 aliphatic carbocycles. The normalized spacial score (nSPS) is 21.6. The Morgan fingerprint density at radius 2 is 2.13 bits per heavy atom. The van der Waals surface area contributed by atoms with Crippen LogP contribution in [0.5, 0.6) is 0 Å². The van der Waals surface area contributed by atoms with Crippen molar-refractivity contribution < 1.29 is 13.2 Å². The van der Waals surface area contributed by atoms with Crippen molar-refractivity contribution >= 4 is 15.9 Å². The Hall–Kier alpha value is -1.67. The average molecular weight is 341 g/mol. The second-order valence-electron chi connectivity index (χ2n) is 6.15. The van der Waals surface area contributed by atoms with Gasteiger partial charge in [-0.2, -0.15) is 0 Å². The van der Waals surface area contributed by atoms with Crippen molar-refractivity contribution in [2.75, 3.05) is 19.3 Å². The van der Waals surface area contributed by atoms with E-state index < -0.39 is 10.0 Å². The maximum absolute atomic E-state index is 12.6. The van der Waals surface area contributed by atoms with Crippen molar-refractivity contribution in [1.82, 2.24) is 14.6 Å². The molecule has 0 spiro atoms. The van der Waals surface area contributed by atoms with Gasteiger partial charge in [-0.3, -0.25) is 9.59 Å². The summed E-state index contributed by atoms with van der Waals surface area (Å²) in [4.78, 5) is 29.0. The molecule has 2 heterocycles. The molecule has 2 N–H and O–H groups in total. The van der Waals surface area contributed by atoms with Gasteiger partial charge in [-0.25, -0.2) is 13.1 Å². The van der Waals surface area contributed by atoms with Gasteiger partial charge in [0.2, 0.25) is 10.0 Å². The number of sulfonamides is 1. The highest BCUT2D eigenvalue weighted by molar-refractivity contribution is 7.88. The fraction of sp³-hybridized carbons (Fsp3) is 0.600. The lowest BCUT2D eigenvalue weighted by Crippen LogP contribution is -2.40. The lowest BCUT2D eigenvalue weighted by atomic mass is 9.99. The minimum Gasteiger partial charge on any atom is -0.364 e. The second kappa shape index (κ2) is 6.84. The topological polar surface area (TPSA) is 99.3 Å². The minimum absolute atomic E-state index is 0.0585. The molecule has 23 heavy (non-hydrogen) atoms. The molecule has 7 nitrogen and oxygen atoms in total. The molecule has 1 aromatic heterocycles. The van der Waals surface area contributed by atoms with Gasteiger partial charge in [0.25, 0.3) is 5.91 Å². The fourth-order valence-corrected chi connectivity index (χ4v) is 3.84. The monoisotopic (exact) mass is 341 g/mol. The fourth-order valence-electron chi connectivity index (χ4n) is 3.02. The van der Waals surface area contributed by atoms with Gasteiger partial charge in [0.05, 0.1) is 6.26 Å². The van der Waals surface area contributed by atoms with E-state index in [2.05, 4.69) is 9.71 Å². The summed E-state index contributed by atoms with van der Waals surface area (Å²) >= 11 is 0. The van der Waals surface area contributed by atoms with Crippen LogP contribution in [0.25, 0.3) is 0 Å². The van der Waals surface area contributed by atoms with Crippen LogP contribution in [0, 0.1) is 12.8 Å². The van der Waals surface area contributed by atoms with Gasteiger partial charge in [-0.1, -0.05) is 13.3 Å². The molecule has 2 rings (SSSR count). The molecule has 0 unspecified atom stereocenters. The van der Waals surface area contributed by atoms with E-state index in [-0.39, 0.29) is 35.4 Å². The molecule has 0 saturated carbocycles. The number of H-pyrrole nitrogens is 1. The van der Waals surface area contributed by atoms with Crippen LogP contribution in [0.1, 0.15) is 35.8 Å². The summed E-state index contributed by atoms with van der Waals surface area (Å²) in [6.45, 7) is 4.50. The quantitative estimate of drug-likeness (QED) is 0.813. The molecule has 0 bridgehead atoms. The number of nitrogens with zero attached hydrogens (tertiary/aromatic N) is 1. The Morgan fingerprint density at radius 1 is 1.43 bits per heavy atom. The lowest BCUT2D eigenvalue weighted by Gasteiger charge is -2.17. The molecule has 0 radical (unpaired) electrons. The van der Waals surface area contributed by atoms with Gasteiger partial charge in [0, 0.05) is 37.1 Å². The highest BCUT2D eigenvalue weighted by Crippen LogP contribution is 2.23. The standard InChI is InChI=1S/C15H23N3O4S/c1-4-5-11-8-18(9-13(11)17-23(3,21)22)15(20)12-7-16-10(2)6-14(12)19/h6-7,11,13,17H,4-5,8-9H2,1-3H3,(H,16,19)/t11-,13-/m1/s1. The second-order valence-corrected chi connectivity index (χ2v) is 7.93. The lowest BCUT2D eigenvalue weighted by molar-refractivity contribution is 0.0783. The summed E-state index contributed by atoms with van der Waals surface area (Å²) < 4.78 is 25.6. The number of rotatable bonds is 5. The number of likely N-dealkylation sites (tertiary alicyclic amines) is 1. The smallest absolute Gasteiger partial charge is 0.259 e. The van der Waals surface area contributed by atoms with Gasteiger partial charge >= 0.3 is 0 Å². The third-order valence-electron chi connectivity index (χ3n) is 4.04. The van der Waals surface area contributed by atoms with Gasteiger partial charge in [0.15, 0.2) is 5.43 Å². The molecule has 0 aromatic carbocycles. The molecule has 1 aliphatic rings. The van der Waals surface area contributed by atoms with Crippen LogP contribution < -0.4 is 10.2 Å². The third-order valence-corrected chi connectivity index (χ3v) is 4.77. The van der Waals surface area contributed by atoms with Crippen LogP contribution in [0.2, 0.25) is 0 Å². The van der Waals surface area contributed by atoms with Gasteiger partial charge in [-0.15, -0.1) is 0 Å². The van der Waals surface area contributed by atoms with E-state index in [9.17, 15) is 18.0 Å². The maximum Gasteiger partial charge on any atom is 0.259 e. The minimum atomic E-state index is -3.34. The number of aryl methyl sites for hydroxylation is 1. The van der Waals surface area contributed by atoms with Gasteiger partial charge < -0.3 is 9.88 Å². The summed E-state index contributed by atoms with van der Waals surface area (Å²) in [6.07, 6.45) is 4.26. The van der Waals surface area contributed by atoms with E-state index in [1.807, 2.05) is 6.92 Å². The summed E-state index contributed by atoms with van der Waals surface area (Å²) in [5.74, 6) is -0.298. The van der Waals surface area contributed by atoms with Crippen molar-refractivity contribution in [3.05, 3.63) is 33.7 Å². The molecule has 2 atom stereocenters. The summed E-state index contributed by atoms with van der Waals surface area (Å²) in [5.41, 5.74) is 0.456. The number of amides is 1. The zero-order valence-corrected chi connectivity index (χ0v) is 14.4. The molecular formula is C15H23N3O4S. The number of hydrogen-bond donors (Lipinski definition) is 2. The molecular weight excluding hydrogens is 318 g/mol. The Kier molecular flexibility index (Phi) is 5.26. The van der Waals surface area contributed by atoms with Crippen molar-refractivity contribution in [2.24, 2.45) is 5.92 Å². The van der Waals surface area contributed by atoms with Crippen molar-refractivity contribution in [1.29, 1.82) is 0 Å². The Balaban J connectivity index is 2.20. The molecule has 8 heteroatoms. The number of carbonyl (C=O) groups excluding carboxylic acids is 1. The van der Waals surface area contributed by atoms with E-state index in [1.165, 1.54) is 12.3 Å². The van der Waals surface area contributed by atoms with E-state index in [0.717, 1.165) is 19.1 Å². The number of nitrogens with one attached hydrogen (secondary N) is 2. The Bertz CT molecular complexity index is 741. The molecule has 1 fully saturated rings. The highest BCUT2D eigenvalue weighted by Gasteiger charge is 2.36. The first-order valence-electron chi connectivity index (χ1n) is 7.67. The molecule has 128 valence electrons. The third kappa shape index (κ3) is 4.42. The zero-order valence-electron chi connectivity index (χ0n) is 13.6. The predicted octanol–water partition coefficient (Wildman–Crippen LogP) is 0.473. The molecule has 1 saturated heterocycles. The Labute approximate surface area is 136 Å². The molecule has 1 amide bonds. The van der Waals surface area contributed by atoms with Crippen LogP contribution in [-0.2, 0) is 10.0 Å². The number of carbonyl (C=O) groups is 1. The van der Waals surface area contributed by atoms with Crippen LogP contribution in [0.4, 0.5) is 0 Å². The predicted molar refractivity (Wildman–Crippen MR) is 87.9 cm³/mol. The van der Waals surface area contributed by atoms with Crippen LogP contribution in [-0.4, -0.2) is 49.6 Å². The highest BCUT2D eigenvalue weighted by atomic mass is 32.2. The molecule has 1 aromatic rings. The Morgan fingerprint density at radius 3 is 2.70 bits per heavy atom. The van der Waals surface area contributed by atoms with E-state index in [1.54, 1.807) is 11.8 Å². The van der Waals surface area contributed by atoms with E-state index in [0.29, 0.717) is 12.2 Å². The van der Waals surface area contributed by atoms with E-state index in [4.69, 9.17) is 0 Å². The first kappa shape index (κ1) is 17.7. The summed E-state index contributed by atoms with van der Waals surface area (Å²) in [7, 11) is -3.34. The largest absolute Gasteiger partial charge is 0.364 e. The maximum atomic E-state index is 12.6. The van der Waals surface area contributed by atoms with Crippen LogP contribution in [0.3, 0.4) is 0 Å². The average Bonchev–Trinajstić information content (AvgIpc) is 2.79. The van der Waals surface area contributed by atoms with E-state index >= 15 is 0 Å². The number of aromatic nitrogens is 1. The first-order valence-corrected chi connectivity index (χ1v) is 9.56. The number of hydrogen-bond acceptors (Lipinski definition) is 4. The van der Waals surface area contributed by atoms with Crippen molar-refractivity contribution in [3.63, 3.8) is 0 Å². The van der Waals surface area contributed by atoms with Crippen molar-refractivity contribution in [3.8, 4) is 0 Å². The van der Waals surface area contributed by atoms with Crippen molar-refractivity contribution in [2.45, 2.75) is 32.7 Å². The number of aromatic amines is 1. The van der Waals surface area contributed by atoms with Gasteiger partial charge in [0.1, 0.15) is 5.56 Å². The van der Waals surface area contributed by atoms with Gasteiger partial charge in [-0.05, 0) is 19.3 Å². The van der Waals surface area contributed by atoms with Crippen LogP contribution in [0.15, 0.2) is 17.1 Å². The van der Waals surface area contributed by atoms with Crippen LogP contribution >= 0.6 is 0 Å². The summed E-state index contributed by atoms with van der Waals surface area (Å²) in [6, 6.07) is 1.08. The SMILES string of the molecule is CCC[C@@H]1CN(C(=O)c2c[nH]c(C)cc2=O)C[C@H]1NS(C)(=O)=O. The first-order chi connectivity index (χ1) is 10.7. The number of pyridine rings is 1.